The number of para-hydroxylation sites is 1. The Labute approximate surface area is 196 Å². The smallest absolute Gasteiger partial charge is 0.237 e. The number of Topliss-reactive ketones (excluding diaryl/α,β-unsaturated/α-hetero) is 1. The van der Waals surface area contributed by atoms with E-state index in [2.05, 4.69) is 15.5 Å². The molecule has 0 spiro atoms. The number of ketones is 1. The largest absolute Gasteiger partial charge is 0.481 e. The average Bonchev–Trinajstić information content (AvgIpc) is 3.18. The number of aromatic nitrogens is 3. The van der Waals surface area contributed by atoms with Crippen LogP contribution in [0.15, 0.2) is 53.7 Å². The molecule has 9 heteroatoms. The fourth-order valence-electron chi connectivity index (χ4n) is 3.04. The molecule has 3 rings (SSSR count). The summed E-state index contributed by atoms with van der Waals surface area (Å²) in [4.78, 5) is 24.3. The third-order valence-corrected chi connectivity index (χ3v) is 6.15. The summed E-state index contributed by atoms with van der Waals surface area (Å²) in [5.74, 6) is 0.974. The van der Waals surface area contributed by atoms with Crippen molar-refractivity contribution in [2.45, 2.75) is 50.8 Å². The topological polar surface area (TPSA) is 86.1 Å². The first-order valence-electron chi connectivity index (χ1n) is 10.2. The molecule has 0 fully saturated rings. The highest BCUT2D eigenvalue weighted by atomic mass is 35.5. The number of benzene rings is 2. The molecule has 1 amide bonds. The zero-order chi connectivity index (χ0) is 23.3. The maximum Gasteiger partial charge on any atom is 0.237 e. The fraction of sp³-hybridized carbons (Fsp3) is 0.304. The summed E-state index contributed by atoms with van der Waals surface area (Å²) >= 11 is 7.51. The van der Waals surface area contributed by atoms with Gasteiger partial charge in [0.25, 0.3) is 0 Å². The number of rotatable bonds is 9. The number of carbonyl (C=O) groups excluding carboxylic acids is 2. The van der Waals surface area contributed by atoms with Gasteiger partial charge in [-0.2, -0.15) is 0 Å². The lowest BCUT2D eigenvalue weighted by Gasteiger charge is -2.17. The number of ether oxygens (including phenoxy) is 1. The minimum atomic E-state index is -0.432. The highest BCUT2D eigenvalue weighted by Crippen LogP contribution is 2.30. The first-order chi connectivity index (χ1) is 15.3. The van der Waals surface area contributed by atoms with Crippen molar-refractivity contribution in [3.8, 4) is 5.75 Å². The van der Waals surface area contributed by atoms with E-state index in [9.17, 15) is 9.59 Å². The molecular weight excluding hydrogens is 448 g/mol. The van der Waals surface area contributed by atoms with Gasteiger partial charge >= 0.3 is 0 Å². The number of anilines is 1. The second kappa shape index (κ2) is 10.7. The van der Waals surface area contributed by atoms with E-state index in [1.807, 2.05) is 30.5 Å². The Morgan fingerprint density at radius 1 is 1.16 bits per heavy atom. The standard InChI is InChI=1S/C23H25ClN4O3S/c1-5-28-21(15(3)31-20-12-7-6-11-19(20)24)26-27-23(28)32-16(4)22(30)25-18-10-8-9-17(13-18)14(2)29/h6-13,15-16H,5H2,1-4H3,(H,25,30). The molecule has 1 heterocycles. The Hall–Kier alpha value is -2.84. The number of nitrogens with one attached hydrogen (secondary N) is 1. The van der Waals surface area contributed by atoms with Gasteiger partial charge < -0.3 is 14.6 Å². The van der Waals surface area contributed by atoms with E-state index in [0.29, 0.717) is 39.5 Å². The van der Waals surface area contributed by atoms with E-state index < -0.39 is 5.25 Å². The van der Waals surface area contributed by atoms with Crippen LogP contribution in [0.5, 0.6) is 5.75 Å². The van der Waals surface area contributed by atoms with Gasteiger partial charge in [0, 0.05) is 17.8 Å². The summed E-state index contributed by atoms with van der Waals surface area (Å²) in [6.45, 7) is 7.77. The summed E-state index contributed by atoms with van der Waals surface area (Å²) in [7, 11) is 0. The highest BCUT2D eigenvalue weighted by molar-refractivity contribution is 8.00. The van der Waals surface area contributed by atoms with Crippen molar-refractivity contribution in [1.82, 2.24) is 14.8 Å². The third kappa shape index (κ3) is 5.69. The molecule has 0 radical (unpaired) electrons. The Morgan fingerprint density at radius 3 is 2.59 bits per heavy atom. The lowest BCUT2D eigenvalue weighted by Crippen LogP contribution is -2.23. The number of nitrogens with zero attached hydrogens (tertiary/aromatic N) is 3. The first-order valence-corrected chi connectivity index (χ1v) is 11.5. The molecule has 2 aromatic carbocycles. The van der Waals surface area contributed by atoms with Crippen molar-refractivity contribution in [1.29, 1.82) is 0 Å². The van der Waals surface area contributed by atoms with E-state index in [0.717, 1.165) is 0 Å². The van der Waals surface area contributed by atoms with Crippen LogP contribution in [0.4, 0.5) is 5.69 Å². The zero-order valence-electron chi connectivity index (χ0n) is 18.3. The Kier molecular flexibility index (Phi) is 7.93. The Morgan fingerprint density at radius 2 is 1.91 bits per heavy atom. The summed E-state index contributed by atoms with van der Waals surface area (Å²) in [6, 6.07) is 14.1. The van der Waals surface area contributed by atoms with Crippen LogP contribution in [-0.2, 0) is 11.3 Å². The van der Waals surface area contributed by atoms with Gasteiger partial charge in [-0.05, 0) is 52.0 Å². The fourth-order valence-corrected chi connectivity index (χ4v) is 4.14. The monoisotopic (exact) mass is 472 g/mol. The van der Waals surface area contributed by atoms with Crippen molar-refractivity contribution in [2.75, 3.05) is 5.32 Å². The van der Waals surface area contributed by atoms with Crippen LogP contribution >= 0.6 is 23.4 Å². The van der Waals surface area contributed by atoms with Crippen LogP contribution < -0.4 is 10.1 Å². The van der Waals surface area contributed by atoms with E-state index in [-0.39, 0.29) is 17.8 Å². The number of halogens is 1. The lowest BCUT2D eigenvalue weighted by molar-refractivity contribution is -0.115. The Balaban J connectivity index is 1.70. The second-order valence-electron chi connectivity index (χ2n) is 7.16. The van der Waals surface area contributed by atoms with Gasteiger partial charge in [0.05, 0.1) is 10.3 Å². The third-order valence-electron chi connectivity index (χ3n) is 4.75. The Bertz CT molecular complexity index is 1120. The molecule has 0 aliphatic carbocycles. The minimum Gasteiger partial charge on any atom is -0.481 e. The van der Waals surface area contributed by atoms with Crippen molar-refractivity contribution in [2.24, 2.45) is 0 Å². The molecule has 0 bridgehead atoms. The quantitative estimate of drug-likeness (QED) is 0.331. The van der Waals surface area contributed by atoms with Crippen LogP contribution in [0.3, 0.4) is 0 Å². The second-order valence-corrected chi connectivity index (χ2v) is 8.88. The molecule has 168 valence electrons. The van der Waals surface area contributed by atoms with Gasteiger partial charge in [-0.15, -0.1) is 10.2 Å². The van der Waals surface area contributed by atoms with Gasteiger partial charge in [-0.25, -0.2) is 0 Å². The molecule has 3 aromatic rings. The van der Waals surface area contributed by atoms with Crippen LogP contribution in [0, 0.1) is 0 Å². The maximum absolute atomic E-state index is 12.7. The molecule has 1 aromatic heterocycles. The van der Waals surface area contributed by atoms with Gasteiger partial charge in [-0.1, -0.05) is 47.6 Å². The molecule has 2 atom stereocenters. The molecule has 32 heavy (non-hydrogen) atoms. The summed E-state index contributed by atoms with van der Waals surface area (Å²) in [6.07, 6.45) is -0.379. The van der Waals surface area contributed by atoms with Crippen molar-refractivity contribution < 1.29 is 14.3 Å². The molecule has 0 aliphatic rings. The SMILES string of the molecule is CCn1c(SC(C)C(=O)Nc2cccc(C(C)=O)c2)nnc1C(C)Oc1ccccc1Cl. The van der Waals surface area contributed by atoms with Crippen LogP contribution in [0.1, 0.15) is 50.0 Å². The molecule has 0 aliphatic heterocycles. The predicted octanol–water partition coefficient (Wildman–Crippen LogP) is 5.41. The molecule has 7 nitrogen and oxygen atoms in total. The van der Waals surface area contributed by atoms with Gasteiger partial charge in [0.2, 0.25) is 5.91 Å². The van der Waals surface area contributed by atoms with E-state index in [1.54, 1.807) is 43.3 Å². The predicted molar refractivity (Wildman–Crippen MR) is 127 cm³/mol. The van der Waals surface area contributed by atoms with Crippen molar-refractivity contribution in [3.05, 3.63) is 64.9 Å². The van der Waals surface area contributed by atoms with Gasteiger partial charge in [-0.3, -0.25) is 9.59 Å². The number of hydrogen-bond donors (Lipinski definition) is 1. The summed E-state index contributed by atoms with van der Waals surface area (Å²) in [5, 5.41) is 12.1. The lowest BCUT2D eigenvalue weighted by atomic mass is 10.1. The number of thioether (sulfide) groups is 1. The molecule has 1 N–H and O–H groups in total. The van der Waals surface area contributed by atoms with Gasteiger partial charge in [0.15, 0.2) is 22.9 Å². The summed E-state index contributed by atoms with van der Waals surface area (Å²) in [5.41, 5.74) is 1.13. The number of hydrogen-bond acceptors (Lipinski definition) is 6. The van der Waals surface area contributed by atoms with Crippen LogP contribution in [0.25, 0.3) is 0 Å². The van der Waals surface area contributed by atoms with Crippen LogP contribution in [0.2, 0.25) is 5.02 Å². The number of amides is 1. The van der Waals surface area contributed by atoms with Crippen molar-refractivity contribution in [3.63, 3.8) is 0 Å². The van der Waals surface area contributed by atoms with E-state index >= 15 is 0 Å². The first kappa shape index (κ1) is 23.8. The van der Waals surface area contributed by atoms with Crippen LogP contribution in [-0.4, -0.2) is 31.7 Å². The minimum absolute atomic E-state index is 0.0553. The van der Waals surface area contributed by atoms with Gasteiger partial charge in [0.1, 0.15) is 5.75 Å². The molecule has 2 unspecified atom stereocenters. The van der Waals surface area contributed by atoms with E-state index in [1.165, 1.54) is 18.7 Å². The average molecular weight is 473 g/mol. The molecule has 0 saturated carbocycles. The molecular formula is C23H25ClN4O3S. The zero-order valence-corrected chi connectivity index (χ0v) is 19.9. The maximum atomic E-state index is 12.7. The summed E-state index contributed by atoms with van der Waals surface area (Å²) < 4.78 is 7.90. The van der Waals surface area contributed by atoms with E-state index in [4.69, 9.17) is 16.3 Å². The number of carbonyl (C=O) groups is 2. The normalized spacial score (nSPS) is 12.8. The van der Waals surface area contributed by atoms with Crippen molar-refractivity contribution >= 4 is 40.7 Å². The highest BCUT2D eigenvalue weighted by Gasteiger charge is 2.23. The molecule has 0 saturated heterocycles.